The van der Waals surface area contributed by atoms with Crippen LogP contribution in [0.2, 0.25) is 0 Å². The summed E-state index contributed by atoms with van der Waals surface area (Å²) in [6.07, 6.45) is 3.27. The van der Waals surface area contributed by atoms with Gasteiger partial charge in [0.15, 0.2) is 0 Å². The van der Waals surface area contributed by atoms with Crippen LogP contribution in [0.1, 0.15) is 32.3 Å². The summed E-state index contributed by atoms with van der Waals surface area (Å²) in [5, 5.41) is 8.69. The highest BCUT2D eigenvalue weighted by molar-refractivity contribution is 7.92. The van der Waals surface area contributed by atoms with Crippen LogP contribution in [0.25, 0.3) is 6.08 Å². The second kappa shape index (κ2) is 6.71. The Hall–Kier alpha value is -1.13. The Kier molecular flexibility index (Phi) is 5.56. The van der Waals surface area contributed by atoms with Gasteiger partial charge in [-0.05, 0) is 44.4 Å². The van der Waals surface area contributed by atoms with Gasteiger partial charge in [0, 0.05) is 17.3 Å². The van der Waals surface area contributed by atoms with Crippen molar-refractivity contribution in [3.8, 4) is 0 Å². The molecule has 2 N–H and O–H groups in total. The molecule has 1 aromatic rings. The van der Waals surface area contributed by atoms with Gasteiger partial charge in [-0.15, -0.1) is 0 Å². The molecule has 0 radical (unpaired) electrons. The lowest BCUT2D eigenvalue weighted by atomic mass is 10.1. The van der Waals surface area contributed by atoms with Crippen LogP contribution >= 0.6 is 0 Å². The third-order valence-corrected chi connectivity index (χ3v) is 4.45. The van der Waals surface area contributed by atoms with Crippen LogP contribution in [0, 0.1) is 4.78 Å². The van der Waals surface area contributed by atoms with Crippen molar-refractivity contribution in [2.45, 2.75) is 31.6 Å². The Morgan fingerprint density at radius 1 is 1.28 bits per heavy atom. The summed E-state index contributed by atoms with van der Waals surface area (Å²) >= 11 is 0. The molecule has 1 rings (SSSR count). The molecule has 18 heavy (non-hydrogen) atoms. The topological polar surface area (TPSA) is 61.2 Å². The number of hydrogen-bond acceptors (Lipinski definition) is 3. The van der Waals surface area contributed by atoms with Crippen molar-refractivity contribution in [1.29, 1.82) is 4.78 Å². The van der Waals surface area contributed by atoms with Gasteiger partial charge in [-0.25, -0.2) is 8.99 Å². The second-order valence-electron chi connectivity index (χ2n) is 4.60. The summed E-state index contributed by atoms with van der Waals surface area (Å²) in [5.41, 5.74) is 2.27. The second-order valence-corrected chi connectivity index (χ2v) is 6.83. The van der Waals surface area contributed by atoms with E-state index in [4.69, 9.17) is 9.89 Å². The molecule has 0 amide bonds. The van der Waals surface area contributed by atoms with E-state index < -0.39 is 9.73 Å². The van der Waals surface area contributed by atoms with Crippen LogP contribution < -0.4 is 0 Å². The smallest absolute Gasteiger partial charge is 0.0726 e. The Labute approximate surface area is 110 Å². The minimum atomic E-state index is -2.71. The summed E-state index contributed by atoms with van der Waals surface area (Å²) in [4.78, 5) is 0.575. The molecule has 0 fully saturated rings. The molecule has 0 aliphatic carbocycles. The fourth-order valence-electron chi connectivity index (χ4n) is 1.65. The molecule has 4 heteroatoms. The maximum absolute atomic E-state index is 12.2. The SMILES string of the molecule is CC(C)=Cc1ccc(S(=N)(=O)CCCCO)cc1. The number of allylic oxidation sites excluding steroid dienone is 1. The predicted molar refractivity (Wildman–Crippen MR) is 76.1 cm³/mol. The Morgan fingerprint density at radius 2 is 1.89 bits per heavy atom. The highest BCUT2D eigenvalue weighted by atomic mass is 32.2. The largest absolute Gasteiger partial charge is 0.396 e. The van der Waals surface area contributed by atoms with Gasteiger partial charge in [0.25, 0.3) is 0 Å². The summed E-state index contributed by atoms with van der Waals surface area (Å²) in [7, 11) is -2.71. The van der Waals surface area contributed by atoms with Crippen molar-refractivity contribution in [2.24, 2.45) is 0 Å². The standard InChI is InChI=1S/C14H21NO2S/c1-12(2)11-13-5-7-14(8-6-13)18(15,17)10-4-3-9-16/h5-8,11,15-16H,3-4,9-10H2,1-2H3. The quantitative estimate of drug-likeness (QED) is 0.777. The van der Waals surface area contributed by atoms with Gasteiger partial charge >= 0.3 is 0 Å². The lowest BCUT2D eigenvalue weighted by Gasteiger charge is -2.07. The van der Waals surface area contributed by atoms with E-state index in [1.807, 2.05) is 32.1 Å². The van der Waals surface area contributed by atoms with Crippen molar-refractivity contribution in [3.63, 3.8) is 0 Å². The van der Waals surface area contributed by atoms with E-state index in [0.717, 1.165) is 5.56 Å². The lowest BCUT2D eigenvalue weighted by molar-refractivity contribution is 0.287. The zero-order valence-electron chi connectivity index (χ0n) is 11.0. The number of aliphatic hydroxyl groups excluding tert-OH is 1. The van der Waals surface area contributed by atoms with Crippen LogP contribution in [0.5, 0.6) is 0 Å². The lowest BCUT2D eigenvalue weighted by Crippen LogP contribution is -2.05. The number of benzene rings is 1. The minimum Gasteiger partial charge on any atom is -0.396 e. The Balaban J connectivity index is 2.81. The van der Waals surface area contributed by atoms with Crippen LogP contribution in [0.3, 0.4) is 0 Å². The number of rotatable bonds is 6. The fourth-order valence-corrected chi connectivity index (χ4v) is 3.07. The summed E-state index contributed by atoms with van der Waals surface area (Å²) in [6.45, 7) is 4.14. The van der Waals surface area contributed by atoms with Crippen molar-refractivity contribution >= 4 is 15.8 Å². The van der Waals surface area contributed by atoms with E-state index in [0.29, 0.717) is 23.5 Å². The zero-order chi connectivity index (χ0) is 13.6. The first-order valence-corrected chi connectivity index (χ1v) is 7.81. The fraction of sp³-hybridized carbons (Fsp3) is 0.429. The monoisotopic (exact) mass is 267 g/mol. The number of hydrogen-bond donors (Lipinski definition) is 2. The molecule has 0 aliphatic rings. The molecular weight excluding hydrogens is 246 g/mol. The number of aliphatic hydroxyl groups is 1. The van der Waals surface area contributed by atoms with Crippen LogP contribution in [0.4, 0.5) is 0 Å². The van der Waals surface area contributed by atoms with Crippen molar-refractivity contribution in [3.05, 3.63) is 35.4 Å². The summed E-state index contributed by atoms with van der Waals surface area (Å²) in [5.74, 6) is 0.315. The van der Waals surface area contributed by atoms with Crippen LogP contribution in [-0.2, 0) is 9.73 Å². The maximum Gasteiger partial charge on any atom is 0.0726 e. The number of unbranched alkanes of at least 4 members (excludes halogenated alkanes) is 1. The van der Waals surface area contributed by atoms with Crippen molar-refractivity contribution in [1.82, 2.24) is 0 Å². The molecule has 0 bridgehead atoms. The molecule has 1 atom stereocenters. The third kappa shape index (κ3) is 4.63. The van der Waals surface area contributed by atoms with E-state index >= 15 is 0 Å². The molecule has 1 unspecified atom stereocenters. The van der Waals surface area contributed by atoms with Crippen molar-refractivity contribution in [2.75, 3.05) is 12.4 Å². The minimum absolute atomic E-state index is 0.0923. The molecule has 0 saturated heterocycles. The first kappa shape index (κ1) is 14.9. The summed E-state index contributed by atoms with van der Waals surface area (Å²) < 4.78 is 20.1. The van der Waals surface area contributed by atoms with E-state index in [9.17, 15) is 4.21 Å². The van der Waals surface area contributed by atoms with Gasteiger partial charge in [-0.3, -0.25) is 0 Å². The average Bonchev–Trinajstić information content (AvgIpc) is 2.29. The molecule has 0 aromatic heterocycles. The zero-order valence-corrected chi connectivity index (χ0v) is 11.8. The molecule has 0 saturated carbocycles. The molecule has 0 aliphatic heterocycles. The van der Waals surface area contributed by atoms with Gasteiger partial charge in [0.05, 0.1) is 9.73 Å². The molecule has 0 heterocycles. The Bertz CT molecular complexity index is 497. The van der Waals surface area contributed by atoms with Gasteiger partial charge in [-0.1, -0.05) is 23.8 Å². The molecule has 1 aromatic carbocycles. The highest BCUT2D eigenvalue weighted by Crippen LogP contribution is 2.16. The number of nitrogens with one attached hydrogen (secondary N) is 1. The first-order valence-electron chi connectivity index (χ1n) is 6.08. The van der Waals surface area contributed by atoms with Crippen molar-refractivity contribution < 1.29 is 9.32 Å². The molecule has 3 nitrogen and oxygen atoms in total. The molecule has 100 valence electrons. The maximum atomic E-state index is 12.2. The van der Waals surface area contributed by atoms with Gasteiger partial charge in [-0.2, -0.15) is 0 Å². The van der Waals surface area contributed by atoms with E-state index in [1.54, 1.807) is 12.1 Å². The van der Waals surface area contributed by atoms with Gasteiger partial charge < -0.3 is 5.11 Å². The molecular formula is C14H21NO2S. The third-order valence-electron chi connectivity index (χ3n) is 2.56. The highest BCUT2D eigenvalue weighted by Gasteiger charge is 2.09. The normalized spacial score (nSPS) is 13.9. The van der Waals surface area contributed by atoms with E-state index in [-0.39, 0.29) is 6.61 Å². The first-order chi connectivity index (χ1) is 8.45. The van der Waals surface area contributed by atoms with Crippen LogP contribution in [-0.4, -0.2) is 21.7 Å². The average molecular weight is 267 g/mol. The summed E-state index contributed by atoms with van der Waals surface area (Å²) in [6, 6.07) is 7.32. The van der Waals surface area contributed by atoms with Gasteiger partial charge in [0.1, 0.15) is 0 Å². The van der Waals surface area contributed by atoms with E-state index in [2.05, 4.69) is 0 Å². The Morgan fingerprint density at radius 3 is 2.39 bits per heavy atom. The predicted octanol–water partition coefficient (Wildman–Crippen LogP) is 3.29. The van der Waals surface area contributed by atoms with Gasteiger partial charge in [0.2, 0.25) is 0 Å². The van der Waals surface area contributed by atoms with Crippen LogP contribution in [0.15, 0.2) is 34.7 Å². The van der Waals surface area contributed by atoms with E-state index in [1.165, 1.54) is 5.57 Å². The molecule has 0 spiro atoms.